The summed E-state index contributed by atoms with van der Waals surface area (Å²) >= 11 is 0. The van der Waals surface area contributed by atoms with Crippen LogP contribution in [0.15, 0.2) is 18.3 Å². The zero-order valence-corrected chi connectivity index (χ0v) is 10.6. The lowest BCUT2D eigenvalue weighted by atomic mass is 10.2. The maximum atomic E-state index is 5.62. The molecule has 1 fully saturated rings. The van der Waals surface area contributed by atoms with Gasteiger partial charge in [-0.3, -0.25) is 4.98 Å². The molecule has 0 spiro atoms. The highest BCUT2D eigenvalue weighted by Gasteiger charge is 2.13. The standard InChI is InChI=1S/C14H22N2O/c1-12-7-8-14(11-16-12)17-10-4-9-15-13-5-2-3-6-13/h7-8,11,13,15H,2-6,9-10H2,1H3. The molecule has 0 saturated heterocycles. The number of aromatic nitrogens is 1. The molecule has 1 aliphatic carbocycles. The van der Waals surface area contributed by atoms with Crippen LogP contribution < -0.4 is 10.1 Å². The number of nitrogens with zero attached hydrogens (tertiary/aromatic N) is 1. The van der Waals surface area contributed by atoms with Crippen molar-refractivity contribution in [2.24, 2.45) is 0 Å². The third kappa shape index (κ3) is 4.35. The van der Waals surface area contributed by atoms with Crippen molar-refractivity contribution < 1.29 is 4.74 Å². The lowest BCUT2D eigenvalue weighted by molar-refractivity contribution is 0.303. The normalized spacial score (nSPS) is 16.3. The fourth-order valence-electron chi connectivity index (χ4n) is 2.24. The van der Waals surface area contributed by atoms with Gasteiger partial charge in [-0.15, -0.1) is 0 Å². The van der Waals surface area contributed by atoms with Gasteiger partial charge in [-0.1, -0.05) is 12.8 Å². The van der Waals surface area contributed by atoms with Crippen LogP contribution in [-0.4, -0.2) is 24.2 Å². The lowest BCUT2D eigenvalue weighted by Gasteiger charge is -2.11. The number of rotatable bonds is 6. The van der Waals surface area contributed by atoms with Crippen LogP contribution >= 0.6 is 0 Å². The molecule has 2 rings (SSSR count). The third-order valence-corrected chi connectivity index (χ3v) is 3.26. The maximum absolute atomic E-state index is 5.62. The average Bonchev–Trinajstić information content (AvgIpc) is 2.84. The topological polar surface area (TPSA) is 34.1 Å². The second kappa shape index (κ2) is 6.60. The summed E-state index contributed by atoms with van der Waals surface area (Å²) in [4.78, 5) is 4.20. The van der Waals surface area contributed by atoms with Crippen molar-refractivity contribution in [3.63, 3.8) is 0 Å². The van der Waals surface area contributed by atoms with E-state index in [1.54, 1.807) is 6.20 Å². The molecule has 0 unspecified atom stereocenters. The number of nitrogens with one attached hydrogen (secondary N) is 1. The Labute approximate surface area is 104 Å². The number of hydrogen-bond acceptors (Lipinski definition) is 3. The second-order valence-corrected chi connectivity index (χ2v) is 4.77. The van der Waals surface area contributed by atoms with E-state index in [2.05, 4.69) is 10.3 Å². The fraction of sp³-hybridized carbons (Fsp3) is 0.643. The minimum absolute atomic E-state index is 0.760. The molecule has 1 saturated carbocycles. The Morgan fingerprint density at radius 3 is 2.88 bits per heavy atom. The van der Waals surface area contributed by atoms with Gasteiger partial charge in [0.2, 0.25) is 0 Å². The van der Waals surface area contributed by atoms with Crippen LogP contribution in [0.5, 0.6) is 5.75 Å². The summed E-state index contributed by atoms with van der Waals surface area (Å²) in [5, 5.41) is 3.58. The van der Waals surface area contributed by atoms with Crippen LogP contribution in [0.1, 0.15) is 37.8 Å². The summed E-state index contributed by atoms with van der Waals surface area (Å²) < 4.78 is 5.62. The van der Waals surface area contributed by atoms with Gasteiger partial charge in [0.05, 0.1) is 12.8 Å². The minimum atomic E-state index is 0.760. The van der Waals surface area contributed by atoms with Gasteiger partial charge in [-0.2, -0.15) is 0 Å². The van der Waals surface area contributed by atoms with Crippen molar-refractivity contribution in [1.29, 1.82) is 0 Å². The SMILES string of the molecule is Cc1ccc(OCCCNC2CCCC2)cn1. The number of hydrogen-bond donors (Lipinski definition) is 1. The van der Waals surface area contributed by atoms with E-state index >= 15 is 0 Å². The predicted octanol–water partition coefficient (Wildman–Crippen LogP) is 2.69. The monoisotopic (exact) mass is 234 g/mol. The number of ether oxygens (including phenoxy) is 1. The van der Waals surface area contributed by atoms with Gasteiger partial charge >= 0.3 is 0 Å². The first-order valence-electron chi connectivity index (χ1n) is 6.63. The zero-order chi connectivity index (χ0) is 11.9. The molecular weight excluding hydrogens is 212 g/mol. The van der Waals surface area contributed by atoms with Crippen molar-refractivity contribution in [2.45, 2.75) is 45.1 Å². The molecule has 0 aliphatic heterocycles. The Morgan fingerprint density at radius 2 is 2.18 bits per heavy atom. The summed E-state index contributed by atoms with van der Waals surface area (Å²) in [6.45, 7) is 3.81. The largest absolute Gasteiger partial charge is 0.492 e. The predicted molar refractivity (Wildman–Crippen MR) is 69.3 cm³/mol. The Bertz CT molecular complexity index is 317. The molecule has 1 aliphatic rings. The summed E-state index contributed by atoms with van der Waals surface area (Å²) in [6, 6.07) is 4.72. The van der Waals surface area contributed by atoms with Gasteiger partial charge in [0.25, 0.3) is 0 Å². The first kappa shape index (κ1) is 12.4. The van der Waals surface area contributed by atoms with Crippen LogP contribution in [0.3, 0.4) is 0 Å². The molecule has 1 aromatic rings. The second-order valence-electron chi connectivity index (χ2n) is 4.77. The van der Waals surface area contributed by atoms with Crippen molar-refractivity contribution in [3.05, 3.63) is 24.0 Å². The maximum Gasteiger partial charge on any atom is 0.137 e. The molecule has 17 heavy (non-hydrogen) atoms. The molecule has 0 radical (unpaired) electrons. The third-order valence-electron chi connectivity index (χ3n) is 3.26. The van der Waals surface area contributed by atoms with Gasteiger partial charge in [-0.25, -0.2) is 0 Å². The lowest BCUT2D eigenvalue weighted by Crippen LogP contribution is -2.27. The van der Waals surface area contributed by atoms with E-state index in [0.717, 1.165) is 37.1 Å². The molecule has 1 heterocycles. The quantitative estimate of drug-likeness (QED) is 0.768. The van der Waals surface area contributed by atoms with Gasteiger partial charge < -0.3 is 10.1 Å². The smallest absolute Gasteiger partial charge is 0.137 e. The highest BCUT2D eigenvalue weighted by Crippen LogP contribution is 2.17. The van der Waals surface area contributed by atoms with Crippen LogP contribution in [0.25, 0.3) is 0 Å². The molecular formula is C14H22N2O. The van der Waals surface area contributed by atoms with E-state index in [4.69, 9.17) is 4.74 Å². The van der Waals surface area contributed by atoms with Crippen molar-refractivity contribution in [3.8, 4) is 5.75 Å². The average molecular weight is 234 g/mol. The van der Waals surface area contributed by atoms with Gasteiger partial charge in [0.15, 0.2) is 0 Å². The minimum Gasteiger partial charge on any atom is -0.492 e. The van der Waals surface area contributed by atoms with Crippen molar-refractivity contribution in [1.82, 2.24) is 10.3 Å². The summed E-state index contributed by atoms with van der Waals surface area (Å²) in [5.41, 5.74) is 1.03. The molecule has 1 N–H and O–H groups in total. The molecule has 0 atom stereocenters. The summed E-state index contributed by atoms with van der Waals surface area (Å²) in [5.74, 6) is 0.872. The molecule has 1 aromatic heterocycles. The highest BCUT2D eigenvalue weighted by molar-refractivity contribution is 5.18. The van der Waals surface area contributed by atoms with Crippen molar-refractivity contribution in [2.75, 3.05) is 13.2 Å². The molecule has 0 aromatic carbocycles. The van der Waals surface area contributed by atoms with E-state index in [0.29, 0.717) is 0 Å². The summed E-state index contributed by atoms with van der Waals surface area (Å²) in [7, 11) is 0. The van der Waals surface area contributed by atoms with Crippen LogP contribution in [0, 0.1) is 6.92 Å². The molecule has 0 amide bonds. The molecule has 3 heteroatoms. The highest BCUT2D eigenvalue weighted by atomic mass is 16.5. The van der Waals surface area contributed by atoms with Crippen molar-refractivity contribution >= 4 is 0 Å². The molecule has 94 valence electrons. The Kier molecular flexibility index (Phi) is 4.80. The first-order valence-corrected chi connectivity index (χ1v) is 6.63. The Hall–Kier alpha value is -1.09. The molecule has 0 bridgehead atoms. The molecule has 3 nitrogen and oxygen atoms in total. The van der Waals surface area contributed by atoms with E-state index < -0.39 is 0 Å². The zero-order valence-electron chi connectivity index (χ0n) is 10.6. The fourth-order valence-corrected chi connectivity index (χ4v) is 2.24. The van der Waals surface area contributed by atoms with Crippen LogP contribution in [-0.2, 0) is 0 Å². The first-order chi connectivity index (χ1) is 8.34. The van der Waals surface area contributed by atoms with Crippen LogP contribution in [0.4, 0.5) is 0 Å². The van der Waals surface area contributed by atoms with Crippen LogP contribution in [0.2, 0.25) is 0 Å². The van der Waals surface area contributed by atoms with Gasteiger partial charge in [-0.05, 0) is 44.9 Å². The number of aryl methyl sites for hydroxylation is 1. The summed E-state index contributed by atoms with van der Waals surface area (Å²) in [6.07, 6.45) is 8.34. The Balaban J connectivity index is 1.55. The Morgan fingerprint density at radius 1 is 1.35 bits per heavy atom. The van der Waals surface area contributed by atoms with E-state index in [1.165, 1.54) is 25.7 Å². The van der Waals surface area contributed by atoms with E-state index in [1.807, 2.05) is 19.1 Å². The van der Waals surface area contributed by atoms with E-state index in [-0.39, 0.29) is 0 Å². The van der Waals surface area contributed by atoms with Gasteiger partial charge in [0, 0.05) is 11.7 Å². The number of pyridine rings is 1. The van der Waals surface area contributed by atoms with Gasteiger partial charge in [0.1, 0.15) is 5.75 Å². The van der Waals surface area contributed by atoms with E-state index in [9.17, 15) is 0 Å².